The predicted molar refractivity (Wildman–Crippen MR) is 57.1 cm³/mol. The number of nitrogens with one attached hydrogen (secondary N) is 1. The van der Waals surface area contributed by atoms with Crippen molar-refractivity contribution >= 4 is 11.6 Å². The van der Waals surface area contributed by atoms with E-state index in [4.69, 9.17) is 17.4 Å². The minimum atomic E-state index is -4.39. The van der Waals surface area contributed by atoms with Crippen LogP contribution >= 0.6 is 11.6 Å². The van der Waals surface area contributed by atoms with Crippen molar-refractivity contribution in [2.45, 2.75) is 25.6 Å². The molecule has 1 rings (SSSR count). The summed E-state index contributed by atoms with van der Waals surface area (Å²) in [5.74, 6) is 4.87. The maximum Gasteiger partial charge on any atom is 0.405 e. The first-order valence-electron chi connectivity index (χ1n) is 4.62. The van der Waals surface area contributed by atoms with E-state index in [0.29, 0.717) is 10.6 Å². The van der Waals surface area contributed by atoms with Crippen molar-refractivity contribution in [2.24, 2.45) is 5.84 Å². The molecule has 0 amide bonds. The van der Waals surface area contributed by atoms with E-state index in [1.54, 1.807) is 23.6 Å². The molecule has 0 heterocycles. The van der Waals surface area contributed by atoms with Crippen LogP contribution in [-0.4, -0.2) is 12.2 Å². The molecule has 1 aromatic carbocycles. The zero-order valence-electron chi connectivity index (χ0n) is 8.61. The summed E-state index contributed by atoms with van der Waals surface area (Å²) in [4.78, 5) is 0. The first-order valence-corrected chi connectivity index (χ1v) is 5.00. The fourth-order valence-electron chi connectivity index (χ4n) is 1.31. The summed E-state index contributed by atoms with van der Waals surface area (Å²) in [6, 6.07) is 3.13. The number of halogens is 4. The summed E-state index contributed by atoms with van der Waals surface area (Å²) in [5.41, 5.74) is 3.07. The van der Waals surface area contributed by atoms with Crippen LogP contribution in [0.5, 0.6) is 0 Å². The zero-order chi connectivity index (χ0) is 12.3. The van der Waals surface area contributed by atoms with E-state index in [9.17, 15) is 13.2 Å². The molecule has 0 bridgehead atoms. The predicted octanol–water partition coefficient (Wildman–Crippen LogP) is 2.59. The molecule has 0 saturated heterocycles. The van der Waals surface area contributed by atoms with Gasteiger partial charge in [-0.15, -0.1) is 0 Å². The molecule has 6 heteroatoms. The Labute approximate surface area is 96.6 Å². The van der Waals surface area contributed by atoms with Gasteiger partial charge in [0.1, 0.15) is 6.04 Å². The lowest BCUT2D eigenvalue weighted by molar-refractivity contribution is -0.155. The number of alkyl halides is 3. The summed E-state index contributed by atoms with van der Waals surface area (Å²) in [6.45, 7) is 1.82. The molecule has 1 atom stereocenters. The lowest BCUT2D eigenvalue weighted by Gasteiger charge is -2.19. The van der Waals surface area contributed by atoms with Crippen LogP contribution in [0.4, 0.5) is 13.2 Å². The second kappa shape index (κ2) is 5.03. The van der Waals surface area contributed by atoms with Crippen molar-refractivity contribution in [1.29, 1.82) is 0 Å². The Morgan fingerprint density at radius 3 is 2.50 bits per heavy atom. The Morgan fingerprint density at radius 2 is 2.06 bits per heavy atom. The van der Waals surface area contributed by atoms with Crippen LogP contribution < -0.4 is 11.3 Å². The number of hydrogen-bond acceptors (Lipinski definition) is 2. The van der Waals surface area contributed by atoms with Crippen LogP contribution in [-0.2, 0) is 6.42 Å². The summed E-state index contributed by atoms with van der Waals surface area (Å²) in [7, 11) is 0. The molecule has 1 aromatic rings. The first-order chi connectivity index (χ1) is 7.34. The molecule has 16 heavy (non-hydrogen) atoms. The monoisotopic (exact) mass is 252 g/mol. The normalized spacial score (nSPS) is 13.9. The second-order valence-corrected chi connectivity index (χ2v) is 3.97. The van der Waals surface area contributed by atoms with E-state index < -0.39 is 12.2 Å². The van der Waals surface area contributed by atoms with E-state index >= 15 is 0 Å². The fraction of sp³-hybridized carbons (Fsp3) is 0.400. The maximum atomic E-state index is 12.4. The number of rotatable bonds is 3. The molecule has 0 radical (unpaired) electrons. The van der Waals surface area contributed by atoms with Crippen LogP contribution in [0.15, 0.2) is 18.2 Å². The lowest BCUT2D eigenvalue weighted by atomic mass is 10.0. The Kier molecular flexibility index (Phi) is 4.18. The third kappa shape index (κ3) is 3.37. The average Bonchev–Trinajstić information content (AvgIpc) is 2.14. The van der Waals surface area contributed by atoms with Crippen molar-refractivity contribution in [3.05, 3.63) is 34.3 Å². The summed E-state index contributed by atoms with van der Waals surface area (Å²) in [5, 5.41) is 0.324. The van der Waals surface area contributed by atoms with Gasteiger partial charge in [-0.25, -0.2) is 5.43 Å². The van der Waals surface area contributed by atoms with Crippen LogP contribution in [0.25, 0.3) is 0 Å². The minimum absolute atomic E-state index is 0.279. The third-order valence-electron chi connectivity index (χ3n) is 2.23. The van der Waals surface area contributed by atoms with E-state index in [1.165, 1.54) is 0 Å². The highest BCUT2D eigenvalue weighted by molar-refractivity contribution is 6.31. The highest BCUT2D eigenvalue weighted by Gasteiger charge is 2.39. The van der Waals surface area contributed by atoms with E-state index in [-0.39, 0.29) is 6.42 Å². The van der Waals surface area contributed by atoms with Crippen molar-refractivity contribution in [3.63, 3.8) is 0 Å². The Balaban J connectivity index is 2.86. The number of benzene rings is 1. The summed E-state index contributed by atoms with van der Waals surface area (Å²) >= 11 is 5.84. The molecular formula is C10H12ClF3N2. The van der Waals surface area contributed by atoms with Crippen LogP contribution in [0.3, 0.4) is 0 Å². The third-order valence-corrected chi connectivity index (χ3v) is 2.58. The Bertz CT molecular complexity index is 366. The molecule has 2 nitrogen and oxygen atoms in total. The largest absolute Gasteiger partial charge is 0.405 e. The highest BCUT2D eigenvalue weighted by atomic mass is 35.5. The van der Waals surface area contributed by atoms with Crippen LogP contribution in [0.2, 0.25) is 5.02 Å². The van der Waals surface area contributed by atoms with Crippen LogP contribution in [0, 0.1) is 6.92 Å². The molecule has 0 aliphatic rings. The van der Waals surface area contributed by atoms with Gasteiger partial charge < -0.3 is 0 Å². The minimum Gasteiger partial charge on any atom is -0.271 e. The zero-order valence-corrected chi connectivity index (χ0v) is 9.36. The molecule has 0 saturated carbocycles. The van der Waals surface area contributed by atoms with Gasteiger partial charge in [-0.1, -0.05) is 23.7 Å². The number of hydrazine groups is 1. The molecule has 0 aliphatic carbocycles. The topological polar surface area (TPSA) is 38.0 Å². The standard InChI is InChI=1S/C10H12ClF3N2/c1-6-2-3-7(8(11)4-6)5-9(16-15)10(12,13)14/h2-4,9,16H,5,15H2,1H3. The number of hydrogen-bond donors (Lipinski definition) is 2. The van der Waals surface area contributed by atoms with Gasteiger partial charge in [0.25, 0.3) is 0 Å². The van der Waals surface area contributed by atoms with Gasteiger partial charge in [0.05, 0.1) is 0 Å². The molecule has 3 N–H and O–H groups in total. The van der Waals surface area contributed by atoms with Gasteiger partial charge in [-0.05, 0) is 30.5 Å². The van der Waals surface area contributed by atoms with Crippen molar-refractivity contribution < 1.29 is 13.2 Å². The molecular weight excluding hydrogens is 241 g/mol. The highest BCUT2D eigenvalue weighted by Crippen LogP contribution is 2.26. The summed E-state index contributed by atoms with van der Waals surface area (Å²) in [6.07, 6.45) is -4.66. The van der Waals surface area contributed by atoms with Gasteiger partial charge in [-0.2, -0.15) is 13.2 Å². The van der Waals surface area contributed by atoms with Crippen molar-refractivity contribution in [3.8, 4) is 0 Å². The van der Waals surface area contributed by atoms with Gasteiger partial charge in [-0.3, -0.25) is 5.84 Å². The van der Waals surface area contributed by atoms with Crippen molar-refractivity contribution in [2.75, 3.05) is 0 Å². The van der Waals surface area contributed by atoms with E-state index in [0.717, 1.165) is 5.56 Å². The molecule has 0 aliphatic heterocycles. The van der Waals surface area contributed by atoms with Gasteiger partial charge in [0.2, 0.25) is 0 Å². The molecule has 0 fully saturated rings. The van der Waals surface area contributed by atoms with E-state index in [2.05, 4.69) is 0 Å². The first kappa shape index (κ1) is 13.3. The average molecular weight is 253 g/mol. The quantitative estimate of drug-likeness (QED) is 0.641. The SMILES string of the molecule is Cc1ccc(CC(NN)C(F)(F)F)c(Cl)c1. The number of nitrogens with two attached hydrogens (primary N) is 1. The Morgan fingerprint density at radius 1 is 1.44 bits per heavy atom. The van der Waals surface area contributed by atoms with E-state index in [1.807, 2.05) is 6.92 Å². The van der Waals surface area contributed by atoms with Gasteiger partial charge in [0, 0.05) is 5.02 Å². The van der Waals surface area contributed by atoms with Gasteiger partial charge >= 0.3 is 6.18 Å². The van der Waals surface area contributed by atoms with Crippen molar-refractivity contribution in [1.82, 2.24) is 5.43 Å². The summed E-state index contributed by atoms with van der Waals surface area (Å²) < 4.78 is 37.3. The Hall–Kier alpha value is -0.780. The smallest absolute Gasteiger partial charge is 0.271 e. The lowest BCUT2D eigenvalue weighted by Crippen LogP contribution is -2.47. The van der Waals surface area contributed by atoms with Gasteiger partial charge in [0.15, 0.2) is 0 Å². The van der Waals surface area contributed by atoms with Crippen LogP contribution in [0.1, 0.15) is 11.1 Å². The molecule has 0 aromatic heterocycles. The maximum absolute atomic E-state index is 12.4. The number of aryl methyl sites for hydroxylation is 1. The molecule has 1 unspecified atom stereocenters. The fourth-order valence-corrected chi connectivity index (χ4v) is 1.62. The second-order valence-electron chi connectivity index (χ2n) is 3.56. The molecule has 0 spiro atoms. The molecule has 90 valence electrons.